The van der Waals surface area contributed by atoms with Crippen LogP contribution in [0.2, 0.25) is 0 Å². The molecule has 1 fully saturated rings. The number of carbonyl (C=O) groups is 1. The van der Waals surface area contributed by atoms with E-state index in [1.807, 2.05) is 12.1 Å². The van der Waals surface area contributed by atoms with Crippen molar-refractivity contribution in [3.8, 4) is 5.69 Å². The number of imidazole rings is 1. The van der Waals surface area contributed by atoms with Crippen molar-refractivity contribution in [2.24, 2.45) is 0 Å². The van der Waals surface area contributed by atoms with Crippen LogP contribution in [-0.4, -0.2) is 33.4 Å². The smallest absolute Gasteiger partial charge is 0.257 e. The number of nitrogens with zero attached hydrogens (tertiary/aromatic N) is 3. The molecule has 5 nitrogen and oxygen atoms in total. The minimum Gasteiger partial charge on any atom is -0.299 e. The van der Waals surface area contributed by atoms with Crippen molar-refractivity contribution in [2.75, 3.05) is 18.4 Å². The van der Waals surface area contributed by atoms with Gasteiger partial charge in [0.2, 0.25) is 5.95 Å². The highest BCUT2D eigenvalue weighted by molar-refractivity contribution is 6.04. The number of anilines is 1. The molecular formula is C27H26F2N4O. The molecule has 1 amide bonds. The van der Waals surface area contributed by atoms with Crippen molar-refractivity contribution in [3.05, 3.63) is 89.2 Å². The molecule has 0 aliphatic carbocycles. The van der Waals surface area contributed by atoms with Gasteiger partial charge in [-0.25, -0.2) is 13.8 Å². The summed E-state index contributed by atoms with van der Waals surface area (Å²) in [5.41, 5.74) is 3.94. The summed E-state index contributed by atoms with van der Waals surface area (Å²) in [5.74, 6) is -0.503. The Balaban J connectivity index is 1.53. The van der Waals surface area contributed by atoms with Gasteiger partial charge in [-0.15, -0.1) is 0 Å². The number of amides is 1. The molecule has 4 aromatic rings. The second kappa shape index (κ2) is 9.73. The van der Waals surface area contributed by atoms with E-state index in [-0.39, 0.29) is 11.8 Å². The van der Waals surface area contributed by atoms with Crippen molar-refractivity contribution in [2.45, 2.75) is 32.5 Å². The zero-order chi connectivity index (χ0) is 23.5. The predicted octanol–water partition coefficient (Wildman–Crippen LogP) is 5.87. The van der Waals surface area contributed by atoms with Crippen molar-refractivity contribution in [1.29, 1.82) is 0 Å². The Hall–Kier alpha value is -3.58. The number of likely N-dealkylation sites (tertiary alicyclic amines) is 1. The standard InChI is InChI=1S/C27H26F2N4O/c28-17-19-6-4-7-21(14-19)26(34)31-27-30-24-15-20(18-32-12-2-1-3-13-32)10-11-25(24)33(27)23-9-5-8-22(29)16-23/h4-11,14-16H,1-3,12-13,17-18H2,(H,30,31,34). The molecule has 0 unspecified atom stereocenters. The normalized spacial score (nSPS) is 14.4. The highest BCUT2D eigenvalue weighted by Gasteiger charge is 2.18. The Kier molecular flexibility index (Phi) is 6.36. The second-order valence-electron chi connectivity index (χ2n) is 8.70. The van der Waals surface area contributed by atoms with E-state index in [1.165, 1.54) is 37.5 Å². The van der Waals surface area contributed by atoms with Crippen molar-refractivity contribution >= 4 is 22.9 Å². The maximum Gasteiger partial charge on any atom is 0.257 e. The molecule has 1 aliphatic rings. The molecule has 1 saturated heterocycles. The molecule has 1 N–H and O–H groups in total. The third-order valence-corrected chi connectivity index (χ3v) is 6.21. The molecule has 0 spiro atoms. The maximum atomic E-state index is 14.1. The quantitative estimate of drug-likeness (QED) is 0.391. The highest BCUT2D eigenvalue weighted by atomic mass is 19.1. The van der Waals surface area contributed by atoms with Crippen LogP contribution in [0.25, 0.3) is 16.7 Å². The topological polar surface area (TPSA) is 50.2 Å². The van der Waals surface area contributed by atoms with Crippen LogP contribution in [0.5, 0.6) is 0 Å². The van der Waals surface area contributed by atoms with Crippen LogP contribution in [0.1, 0.15) is 40.7 Å². The molecule has 2 heterocycles. The zero-order valence-corrected chi connectivity index (χ0v) is 18.8. The number of aromatic nitrogens is 2. The van der Waals surface area contributed by atoms with Crippen LogP contribution in [0.15, 0.2) is 66.7 Å². The van der Waals surface area contributed by atoms with Crippen LogP contribution in [0, 0.1) is 5.82 Å². The number of hydrogen-bond acceptors (Lipinski definition) is 3. The molecule has 0 saturated carbocycles. The van der Waals surface area contributed by atoms with Gasteiger partial charge < -0.3 is 0 Å². The Morgan fingerprint density at radius 1 is 0.941 bits per heavy atom. The lowest BCUT2D eigenvalue weighted by Gasteiger charge is -2.26. The van der Waals surface area contributed by atoms with Gasteiger partial charge >= 0.3 is 0 Å². The molecule has 0 atom stereocenters. The number of alkyl halides is 1. The van der Waals surface area contributed by atoms with E-state index in [4.69, 9.17) is 4.98 Å². The van der Waals surface area contributed by atoms with E-state index in [1.54, 1.807) is 34.9 Å². The highest BCUT2D eigenvalue weighted by Crippen LogP contribution is 2.27. The Labute approximate surface area is 197 Å². The van der Waals surface area contributed by atoms with Gasteiger partial charge in [-0.1, -0.05) is 30.7 Å². The first-order valence-corrected chi connectivity index (χ1v) is 11.6. The van der Waals surface area contributed by atoms with Crippen molar-refractivity contribution in [1.82, 2.24) is 14.5 Å². The fourth-order valence-corrected chi connectivity index (χ4v) is 4.53. The molecule has 3 aromatic carbocycles. The summed E-state index contributed by atoms with van der Waals surface area (Å²) in [6.45, 7) is 2.38. The molecule has 34 heavy (non-hydrogen) atoms. The summed E-state index contributed by atoms with van der Waals surface area (Å²) >= 11 is 0. The fraction of sp³-hybridized carbons (Fsp3) is 0.259. The summed E-state index contributed by atoms with van der Waals surface area (Å²) in [6, 6.07) is 18.6. The molecule has 174 valence electrons. The number of piperidine rings is 1. The van der Waals surface area contributed by atoms with Gasteiger partial charge in [-0.05, 0) is 79.5 Å². The van der Waals surface area contributed by atoms with E-state index < -0.39 is 12.6 Å². The average molecular weight is 461 g/mol. The number of fused-ring (bicyclic) bond motifs is 1. The Morgan fingerprint density at radius 2 is 1.76 bits per heavy atom. The lowest BCUT2D eigenvalue weighted by atomic mass is 10.1. The molecule has 5 rings (SSSR count). The lowest BCUT2D eigenvalue weighted by molar-refractivity contribution is 0.102. The number of halogens is 2. The molecule has 0 bridgehead atoms. The third kappa shape index (κ3) is 4.70. The minimum absolute atomic E-state index is 0.284. The number of carbonyl (C=O) groups excluding carboxylic acids is 1. The van der Waals surface area contributed by atoms with Gasteiger partial charge in [0, 0.05) is 12.1 Å². The molecule has 0 radical (unpaired) electrons. The zero-order valence-electron chi connectivity index (χ0n) is 18.8. The second-order valence-corrected chi connectivity index (χ2v) is 8.70. The Bertz CT molecular complexity index is 1330. The average Bonchev–Trinajstić information content (AvgIpc) is 3.21. The fourth-order valence-electron chi connectivity index (χ4n) is 4.53. The van der Waals surface area contributed by atoms with Crippen LogP contribution in [0.3, 0.4) is 0 Å². The summed E-state index contributed by atoms with van der Waals surface area (Å²) in [7, 11) is 0. The van der Waals surface area contributed by atoms with Crippen LogP contribution in [-0.2, 0) is 13.2 Å². The van der Waals surface area contributed by atoms with E-state index in [2.05, 4.69) is 16.3 Å². The van der Waals surface area contributed by atoms with E-state index in [0.29, 0.717) is 22.3 Å². The summed E-state index contributed by atoms with van der Waals surface area (Å²) < 4.78 is 28.9. The SMILES string of the molecule is O=C(Nc1nc2cc(CN3CCCCC3)ccc2n1-c1cccc(F)c1)c1cccc(CF)c1. The lowest BCUT2D eigenvalue weighted by Crippen LogP contribution is -2.29. The van der Waals surface area contributed by atoms with Gasteiger partial charge in [0.15, 0.2) is 0 Å². The van der Waals surface area contributed by atoms with Crippen LogP contribution >= 0.6 is 0 Å². The van der Waals surface area contributed by atoms with E-state index in [9.17, 15) is 13.6 Å². The first-order valence-electron chi connectivity index (χ1n) is 11.6. The molecule has 7 heteroatoms. The summed E-state index contributed by atoms with van der Waals surface area (Å²) in [6.07, 6.45) is 3.72. The van der Waals surface area contributed by atoms with Gasteiger partial charge in [-0.2, -0.15) is 0 Å². The molecule has 1 aliphatic heterocycles. The minimum atomic E-state index is -0.650. The maximum absolute atomic E-state index is 14.1. The predicted molar refractivity (Wildman–Crippen MR) is 129 cm³/mol. The monoisotopic (exact) mass is 460 g/mol. The van der Waals surface area contributed by atoms with E-state index in [0.717, 1.165) is 30.7 Å². The van der Waals surface area contributed by atoms with Crippen molar-refractivity contribution in [3.63, 3.8) is 0 Å². The van der Waals surface area contributed by atoms with Gasteiger partial charge in [0.05, 0.1) is 16.7 Å². The molecular weight excluding hydrogens is 434 g/mol. The third-order valence-electron chi connectivity index (χ3n) is 6.21. The van der Waals surface area contributed by atoms with Gasteiger partial charge in [0.25, 0.3) is 5.91 Å². The first-order chi connectivity index (χ1) is 16.6. The Morgan fingerprint density at radius 3 is 2.56 bits per heavy atom. The summed E-state index contributed by atoms with van der Waals surface area (Å²) in [5, 5.41) is 2.84. The number of hydrogen-bond donors (Lipinski definition) is 1. The largest absolute Gasteiger partial charge is 0.299 e. The molecule has 1 aromatic heterocycles. The van der Waals surface area contributed by atoms with Crippen LogP contribution < -0.4 is 5.32 Å². The number of rotatable bonds is 6. The first kappa shape index (κ1) is 22.2. The van der Waals surface area contributed by atoms with Gasteiger partial charge in [0.1, 0.15) is 12.5 Å². The number of nitrogens with one attached hydrogen (secondary N) is 1. The summed E-state index contributed by atoms with van der Waals surface area (Å²) in [4.78, 5) is 20.1. The van der Waals surface area contributed by atoms with Crippen molar-refractivity contribution < 1.29 is 13.6 Å². The van der Waals surface area contributed by atoms with E-state index >= 15 is 0 Å². The van der Waals surface area contributed by atoms with Gasteiger partial charge in [-0.3, -0.25) is 19.6 Å². The van der Waals surface area contributed by atoms with Crippen LogP contribution in [0.4, 0.5) is 14.7 Å². The number of benzene rings is 3.